The first-order valence-electron chi connectivity index (χ1n) is 6.03. The average molecular weight is 212 g/mol. The summed E-state index contributed by atoms with van der Waals surface area (Å²) in [4.78, 5) is 11.8. The Morgan fingerprint density at radius 3 is 2.80 bits per heavy atom. The van der Waals surface area contributed by atoms with E-state index in [0.29, 0.717) is 0 Å². The van der Waals surface area contributed by atoms with E-state index in [9.17, 15) is 4.79 Å². The highest BCUT2D eigenvalue weighted by molar-refractivity contribution is 5.79. The van der Waals surface area contributed by atoms with Crippen LogP contribution in [0.25, 0.3) is 0 Å². The number of carbonyl (C=O) groups excluding carboxylic acids is 1. The minimum absolute atomic E-state index is 0.186. The second kappa shape index (κ2) is 5.50. The fourth-order valence-corrected chi connectivity index (χ4v) is 1.67. The molecule has 1 fully saturated rings. The van der Waals surface area contributed by atoms with Crippen LogP contribution in [0.15, 0.2) is 0 Å². The van der Waals surface area contributed by atoms with E-state index in [0.717, 1.165) is 38.9 Å². The number of nitrogens with one attached hydrogen (secondary N) is 2. The van der Waals surface area contributed by atoms with Gasteiger partial charge in [0.1, 0.15) is 0 Å². The van der Waals surface area contributed by atoms with Crippen molar-refractivity contribution in [3.05, 3.63) is 0 Å². The summed E-state index contributed by atoms with van der Waals surface area (Å²) < 4.78 is 0. The minimum Gasteiger partial charge on any atom is -0.355 e. The van der Waals surface area contributed by atoms with E-state index in [1.54, 1.807) is 0 Å². The van der Waals surface area contributed by atoms with Crippen molar-refractivity contribution in [2.24, 2.45) is 11.3 Å². The summed E-state index contributed by atoms with van der Waals surface area (Å²) >= 11 is 0. The monoisotopic (exact) mass is 212 g/mol. The first-order valence-corrected chi connectivity index (χ1v) is 6.03. The van der Waals surface area contributed by atoms with Gasteiger partial charge in [-0.25, -0.2) is 0 Å². The number of hydrogen-bond acceptors (Lipinski definition) is 2. The third-order valence-electron chi connectivity index (χ3n) is 3.37. The Balaban J connectivity index is 2.28. The van der Waals surface area contributed by atoms with Crippen molar-refractivity contribution in [2.45, 2.75) is 40.0 Å². The number of piperidine rings is 1. The molecule has 0 aromatic heterocycles. The third-order valence-corrected chi connectivity index (χ3v) is 3.37. The van der Waals surface area contributed by atoms with Crippen LogP contribution in [0.3, 0.4) is 0 Å². The van der Waals surface area contributed by atoms with Crippen LogP contribution >= 0.6 is 0 Å². The Morgan fingerprint density at radius 1 is 1.53 bits per heavy atom. The molecule has 15 heavy (non-hydrogen) atoms. The van der Waals surface area contributed by atoms with Gasteiger partial charge in [0, 0.05) is 13.1 Å². The van der Waals surface area contributed by atoms with Crippen LogP contribution in [0.5, 0.6) is 0 Å². The van der Waals surface area contributed by atoms with Crippen molar-refractivity contribution < 1.29 is 4.79 Å². The van der Waals surface area contributed by atoms with E-state index in [1.807, 2.05) is 0 Å². The van der Waals surface area contributed by atoms with Gasteiger partial charge < -0.3 is 10.6 Å². The molecule has 0 saturated carbocycles. The van der Waals surface area contributed by atoms with Crippen LogP contribution in [-0.4, -0.2) is 25.5 Å². The minimum atomic E-state index is 0.186. The summed E-state index contributed by atoms with van der Waals surface area (Å²) in [6.45, 7) is 9.23. The Bertz CT molecular complexity index is 208. The first kappa shape index (κ1) is 12.5. The molecule has 88 valence electrons. The standard InChI is InChI=1S/C12H24N2O/c1-4-12(2,3)9-14-11(15)10-6-5-7-13-8-10/h10,13H,4-9H2,1-3H3,(H,14,15). The van der Waals surface area contributed by atoms with Gasteiger partial charge >= 0.3 is 0 Å². The normalized spacial score (nSPS) is 22.5. The Hall–Kier alpha value is -0.570. The van der Waals surface area contributed by atoms with Crippen LogP contribution in [-0.2, 0) is 4.79 Å². The number of rotatable bonds is 4. The smallest absolute Gasteiger partial charge is 0.224 e. The van der Waals surface area contributed by atoms with E-state index in [1.165, 1.54) is 0 Å². The van der Waals surface area contributed by atoms with Gasteiger partial charge in [-0.1, -0.05) is 20.8 Å². The number of carbonyl (C=O) groups is 1. The van der Waals surface area contributed by atoms with Crippen LogP contribution in [0.4, 0.5) is 0 Å². The largest absolute Gasteiger partial charge is 0.355 e. The molecule has 1 rings (SSSR count). The summed E-state index contributed by atoms with van der Waals surface area (Å²) in [7, 11) is 0. The van der Waals surface area contributed by atoms with Crippen molar-refractivity contribution in [1.29, 1.82) is 0 Å². The molecule has 1 atom stereocenters. The van der Waals surface area contributed by atoms with Crippen molar-refractivity contribution in [1.82, 2.24) is 10.6 Å². The molecule has 1 saturated heterocycles. The zero-order chi connectivity index (χ0) is 11.3. The van der Waals surface area contributed by atoms with Gasteiger partial charge in [0.25, 0.3) is 0 Å². The zero-order valence-corrected chi connectivity index (χ0v) is 10.2. The van der Waals surface area contributed by atoms with Gasteiger partial charge in [-0.05, 0) is 31.2 Å². The van der Waals surface area contributed by atoms with Crippen molar-refractivity contribution in [2.75, 3.05) is 19.6 Å². The lowest BCUT2D eigenvalue weighted by molar-refractivity contribution is -0.125. The lowest BCUT2D eigenvalue weighted by Gasteiger charge is -2.26. The first-order chi connectivity index (χ1) is 7.05. The second-order valence-corrected chi connectivity index (χ2v) is 5.28. The maximum atomic E-state index is 11.8. The van der Waals surface area contributed by atoms with Gasteiger partial charge in [-0.2, -0.15) is 0 Å². The highest BCUT2D eigenvalue weighted by atomic mass is 16.1. The summed E-state index contributed by atoms with van der Waals surface area (Å²) in [5.74, 6) is 0.412. The fourth-order valence-electron chi connectivity index (χ4n) is 1.67. The molecule has 1 aliphatic rings. The lowest BCUT2D eigenvalue weighted by atomic mass is 9.90. The van der Waals surface area contributed by atoms with Gasteiger partial charge in [-0.15, -0.1) is 0 Å². The van der Waals surface area contributed by atoms with Crippen LogP contribution in [0, 0.1) is 11.3 Å². The summed E-state index contributed by atoms with van der Waals surface area (Å²) in [6.07, 6.45) is 3.25. The molecule has 3 heteroatoms. The molecule has 1 aliphatic heterocycles. The maximum Gasteiger partial charge on any atom is 0.224 e. The molecule has 0 radical (unpaired) electrons. The predicted octanol–water partition coefficient (Wildman–Crippen LogP) is 1.54. The molecular weight excluding hydrogens is 188 g/mol. The summed E-state index contributed by atoms with van der Waals surface area (Å²) in [6, 6.07) is 0. The molecule has 2 N–H and O–H groups in total. The molecule has 0 bridgehead atoms. The van der Waals surface area contributed by atoms with Gasteiger partial charge in [-0.3, -0.25) is 4.79 Å². The van der Waals surface area contributed by atoms with Crippen LogP contribution in [0.2, 0.25) is 0 Å². The van der Waals surface area contributed by atoms with Gasteiger partial charge in [0.05, 0.1) is 5.92 Å². The lowest BCUT2D eigenvalue weighted by Crippen LogP contribution is -2.43. The SMILES string of the molecule is CCC(C)(C)CNC(=O)C1CCCNC1. The number of amides is 1. The molecule has 0 aromatic rings. The molecule has 0 aliphatic carbocycles. The molecular formula is C12H24N2O. The molecule has 3 nitrogen and oxygen atoms in total. The van der Waals surface area contributed by atoms with Gasteiger partial charge in [0.2, 0.25) is 5.91 Å². The summed E-state index contributed by atoms with van der Waals surface area (Å²) in [5, 5.41) is 6.33. The summed E-state index contributed by atoms with van der Waals surface area (Å²) in [5.41, 5.74) is 0.220. The third kappa shape index (κ3) is 4.20. The topological polar surface area (TPSA) is 41.1 Å². The molecule has 0 aromatic carbocycles. The molecule has 1 heterocycles. The maximum absolute atomic E-state index is 11.8. The Kier molecular flexibility index (Phi) is 4.58. The molecule has 1 unspecified atom stereocenters. The van der Waals surface area contributed by atoms with Crippen molar-refractivity contribution in [3.8, 4) is 0 Å². The van der Waals surface area contributed by atoms with Crippen molar-refractivity contribution in [3.63, 3.8) is 0 Å². The highest BCUT2D eigenvalue weighted by Gasteiger charge is 2.23. The van der Waals surface area contributed by atoms with E-state index in [2.05, 4.69) is 31.4 Å². The van der Waals surface area contributed by atoms with E-state index >= 15 is 0 Å². The van der Waals surface area contributed by atoms with Crippen LogP contribution in [0.1, 0.15) is 40.0 Å². The quantitative estimate of drug-likeness (QED) is 0.742. The van der Waals surface area contributed by atoms with Crippen LogP contribution < -0.4 is 10.6 Å². The highest BCUT2D eigenvalue weighted by Crippen LogP contribution is 2.18. The van der Waals surface area contributed by atoms with E-state index in [-0.39, 0.29) is 17.2 Å². The number of hydrogen-bond donors (Lipinski definition) is 2. The molecule has 1 amide bonds. The predicted molar refractivity (Wildman–Crippen MR) is 62.7 cm³/mol. The van der Waals surface area contributed by atoms with E-state index < -0.39 is 0 Å². The second-order valence-electron chi connectivity index (χ2n) is 5.28. The fraction of sp³-hybridized carbons (Fsp3) is 0.917. The Labute approximate surface area is 93.0 Å². The molecule has 0 spiro atoms. The van der Waals surface area contributed by atoms with Gasteiger partial charge in [0.15, 0.2) is 0 Å². The Morgan fingerprint density at radius 2 is 2.27 bits per heavy atom. The average Bonchev–Trinajstić information content (AvgIpc) is 2.27. The van der Waals surface area contributed by atoms with E-state index in [4.69, 9.17) is 0 Å². The zero-order valence-electron chi connectivity index (χ0n) is 10.2. The van der Waals surface area contributed by atoms with Crippen molar-refractivity contribution >= 4 is 5.91 Å².